The van der Waals surface area contributed by atoms with Crippen LogP contribution in [0, 0.1) is 5.82 Å². The number of carbonyl (C=O) groups is 1. The van der Waals surface area contributed by atoms with E-state index in [0.717, 1.165) is 19.4 Å². The summed E-state index contributed by atoms with van der Waals surface area (Å²) >= 11 is 6.06. The minimum absolute atomic E-state index is 0.0216. The Morgan fingerprint density at radius 1 is 1.21 bits per heavy atom. The van der Waals surface area contributed by atoms with Gasteiger partial charge in [0.05, 0.1) is 11.8 Å². The lowest BCUT2D eigenvalue weighted by molar-refractivity contribution is 0.0854. The molecular formula is C21H18ClFN2O3. The van der Waals surface area contributed by atoms with Gasteiger partial charge in [0.25, 0.3) is 5.91 Å². The summed E-state index contributed by atoms with van der Waals surface area (Å²) in [7, 11) is 0. The number of hydrogen-bond donors (Lipinski definition) is 1. The molecule has 1 aliphatic rings. The van der Waals surface area contributed by atoms with Crippen LogP contribution in [0.4, 0.5) is 10.1 Å². The van der Waals surface area contributed by atoms with Crippen LogP contribution in [0.25, 0.3) is 11.0 Å². The fraction of sp³-hybridized carbons (Fsp3) is 0.238. The Morgan fingerprint density at radius 3 is 2.79 bits per heavy atom. The zero-order valence-corrected chi connectivity index (χ0v) is 15.7. The second-order valence-electron chi connectivity index (χ2n) is 6.58. The van der Waals surface area contributed by atoms with Crippen LogP contribution in [0.5, 0.6) is 0 Å². The Kier molecular flexibility index (Phi) is 5.41. The molecule has 1 fully saturated rings. The van der Waals surface area contributed by atoms with Crippen molar-refractivity contribution in [2.45, 2.75) is 18.9 Å². The van der Waals surface area contributed by atoms with Gasteiger partial charge in [-0.3, -0.25) is 4.79 Å². The molecule has 0 saturated carbocycles. The van der Waals surface area contributed by atoms with Crippen molar-refractivity contribution in [3.63, 3.8) is 0 Å². The van der Waals surface area contributed by atoms with E-state index in [2.05, 4.69) is 10.3 Å². The number of nitrogens with zero attached hydrogens (tertiary/aromatic N) is 1. The summed E-state index contributed by atoms with van der Waals surface area (Å²) in [5.41, 5.74) is 1.44. The molecule has 1 amide bonds. The van der Waals surface area contributed by atoms with Crippen molar-refractivity contribution < 1.29 is 18.3 Å². The van der Waals surface area contributed by atoms with Crippen LogP contribution >= 0.6 is 11.6 Å². The second kappa shape index (κ2) is 8.12. The van der Waals surface area contributed by atoms with E-state index in [-0.39, 0.29) is 28.9 Å². The van der Waals surface area contributed by atoms with Gasteiger partial charge in [-0.1, -0.05) is 11.6 Å². The Hall–Kier alpha value is -2.70. The second-order valence-corrected chi connectivity index (χ2v) is 7.02. The van der Waals surface area contributed by atoms with Gasteiger partial charge < -0.3 is 14.5 Å². The van der Waals surface area contributed by atoms with Gasteiger partial charge in [0.2, 0.25) is 5.55 Å². The van der Waals surface area contributed by atoms with E-state index < -0.39 is 0 Å². The van der Waals surface area contributed by atoms with E-state index >= 15 is 0 Å². The third-order valence-electron chi connectivity index (χ3n) is 4.52. The molecule has 1 aromatic heterocycles. The molecule has 2 heterocycles. The lowest BCUT2D eigenvalue weighted by Crippen LogP contribution is -2.34. The molecule has 1 aliphatic heterocycles. The van der Waals surface area contributed by atoms with Crippen molar-refractivity contribution in [2.75, 3.05) is 13.2 Å². The van der Waals surface area contributed by atoms with Gasteiger partial charge in [-0.2, -0.15) is 0 Å². The van der Waals surface area contributed by atoms with Crippen molar-refractivity contribution in [3.8, 4) is 0 Å². The average Bonchev–Trinajstić information content (AvgIpc) is 3.21. The van der Waals surface area contributed by atoms with Crippen molar-refractivity contribution >= 4 is 34.2 Å². The highest BCUT2D eigenvalue weighted by atomic mass is 35.5. The third-order valence-corrected chi connectivity index (χ3v) is 4.76. The molecule has 2 aromatic carbocycles. The van der Waals surface area contributed by atoms with E-state index in [4.69, 9.17) is 20.8 Å². The molecule has 0 bridgehead atoms. The van der Waals surface area contributed by atoms with Crippen LogP contribution in [0.15, 0.2) is 57.9 Å². The largest absolute Gasteiger partial charge is 0.438 e. The topological polar surface area (TPSA) is 63.8 Å². The van der Waals surface area contributed by atoms with Gasteiger partial charge in [-0.15, -0.1) is 0 Å². The summed E-state index contributed by atoms with van der Waals surface area (Å²) in [5, 5.41) is 4.10. The number of rotatable bonds is 4. The maximum absolute atomic E-state index is 13.2. The molecule has 3 aromatic rings. The van der Waals surface area contributed by atoms with E-state index in [0.29, 0.717) is 28.2 Å². The number of hydrogen-bond acceptors (Lipinski definition) is 4. The molecule has 1 atom stereocenters. The zero-order chi connectivity index (χ0) is 19.5. The fourth-order valence-corrected chi connectivity index (χ4v) is 3.27. The standard InChI is InChI=1S/C21H18ClFN2O3/c22-14-3-8-19-13(10-14)11-18(20(26)24-12-17-2-1-9-27-17)21(28-19)25-16-6-4-15(23)5-7-16/h3-8,10-11,17H,1-2,9,12H2,(H,24,26)/t17-/m0/s1. The first kappa shape index (κ1) is 18.7. The molecule has 0 radical (unpaired) electrons. The lowest BCUT2D eigenvalue weighted by atomic mass is 10.1. The number of nitrogens with one attached hydrogen (secondary N) is 1. The first-order chi connectivity index (χ1) is 13.6. The number of benzene rings is 2. The molecular weight excluding hydrogens is 383 g/mol. The van der Waals surface area contributed by atoms with Gasteiger partial charge in [0.1, 0.15) is 17.0 Å². The monoisotopic (exact) mass is 400 g/mol. The average molecular weight is 401 g/mol. The summed E-state index contributed by atoms with van der Waals surface area (Å²) < 4.78 is 24.6. The summed E-state index contributed by atoms with van der Waals surface area (Å²) in [6, 6.07) is 12.5. The molecule has 7 heteroatoms. The first-order valence-electron chi connectivity index (χ1n) is 9.02. The van der Waals surface area contributed by atoms with E-state index in [9.17, 15) is 9.18 Å². The summed E-state index contributed by atoms with van der Waals surface area (Å²) in [6.45, 7) is 1.14. The quantitative estimate of drug-likeness (QED) is 0.707. The van der Waals surface area contributed by atoms with Crippen molar-refractivity contribution in [1.82, 2.24) is 5.32 Å². The van der Waals surface area contributed by atoms with Gasteiger partial charge >= 0.3 is 0 Å². The lowest BCUT2D eigenvalue weighted by Gasteiger charge is -2.11. The van der Waals surface area contributed by atoms with E-state index in [1.165, 1.54) is 24.3 Å². The fourth-order valence-electron chi connectivity index (χ4n) is 3.09. The van der Waals surface area contributed by atoms with Crippen LogP contribution < -0.4 is 10.9 Å². The van der Waals surface area contributed by atoms with E-state index in [1.807, 2.05) is 0 Å². The van der Waals surface area contributed by atoms with Gasteiger partial charge in [0, 0.05) is 23.6 Å². The first-order valence-corrected chi connectivity index (χ1v) is 9.40. The molecule has 144 valence electrons. The summed E-state index contributed by atoms with van der Waals surface area (Å²) in [5.74, 6) is -0.680. The van der Waals surface area contributed by atoms with Crippen LogP contribution in [-0.4, -0.2) is 25.2 Å². The molecule has 1 saturated heterocycles. The van der Waals surface area contributed by atoms with E-state index in [1.54, 1.807) is 24.3 Å². The van der Waals surface area contributed by atoms with Crippen molar-refractivity contribution in [1.29, 1.82) is 0 Å². The number of amides is 1. The number of fused-ring (bicyclic) bond motifs is 1. The SMILES string of the molecule is O=C(NC[C@@H]1CCCO1)c1cc2cc(Cl)ccc2oc1=Nc1ccc(F)cc1. The maximum Gasteiger partial charge on any atom is 0.256 e. The molecule has 0 unspecified atom stereocenters. The normalized spacial score (nSPS) is 17.2. The third kappa shape index (κ3) is 4.24. The Morgan fingerprint density at radius 2 is 2.04 bits per heavy atom. The Balaban J connectivity index is 1.74. The summed E-state index contributed by atoms with van der Waals surface area (Å²) in [6.07, 6.45) is 1.94. The molecule has 0 spiro atoms. The Labute approximate surface area is 165 Å². The van der Waals surface area contributed by atoms with Crippen LogP contribution in [0.1, 0.15) is 23.2 Å². The number of halogens is 2. The molecule has 0 aliphatic carbocycles. The highest BCUT2D eigenvalue weighted by molar-refractivity contribution is 6.31. The zero-order valence-electron chi connectivity index (χ0n) is 15.0. The Bertz CT molecular complexity index is 1070. The highest BCUT2D eigenvalue weighted by Gasteiger charge is 2.18. The maximum atomic E-state index is 13.2. The highest BCUT2D eigenvalue weighted by Crippen LogP contribution is 2.20. The predicted octanol–water partition coefficient (Wildman–Crippen LogP) is 4.37. The van der Waals surface area contributed by atoms with Crippen LogP contribution in [0.2, 0.25) is 5.02 Å². The van der Waals surface area contributed by atoms with Gasteiger partial charge in [0.15, 0.2) is 0 Å². The summed E-state index contributed by atoms with van der Waals surface area (Å²) in [4.78, 5) is 17.2. The van der Waals surface area contributed by atoms with Crippen molar-refractivity contribution in [3.05, 3.63) is 70.5 Å². The number of ether oxygens (including phenoxy) is 1. The van der Waals surface area contributed by atoms with Gasteiger partial charge in [-0.25, -0.2) is 9.38 Å². The van der Waals surface area contributed by atoms with Gasteiger partial charge in [-0.05, 0) is 61.4 Å². The smallest absolute Gasteiger partial charge is 0.256 e. The minimum atomic E-state index is -0.362. The molecule has 1 N–H and O–H groups in total. The molecule has 28 heavy (non-hydrogen) atoms. The molecule has 4 rings (SSSR count). The van der Waals surface area contributed by atoms with Crippen LogP contribution in [0.3, 0.4) is 0 Å². The molecule has 5 nitrogen and oxygen atoms in total. The number of carbonyl (C=O) groups excluding carboxylic acids is 1. The predicted molar refractivity (Wildman–Crippen MR) is 104 cm³/mol. The van der Waals surface area contributed by atoms with Crippen molar-refractivity contribution in [2.24, 2.45) is 4.99 Å². The minimum Gasteiger partial charge on any atom is -0.438 e. The van der Waals surface area contributed by atoms with Crippen LogP contribution in [-0.2, 0) is 4.74 Å².